The van der Waals surface area contributed by atoms with Gasteiger partial charge in [0.05, 0.1) is 23.3 Å². The number of para-hydroxylation sites is 4. The average Bonchev–Trinajstić information content (AvgIpc) is 3.07. The van der Waals surface area contributed by atoms with Crippen LogP contribution in [0, 0.1) is 10.1 Å². The maximum atomic E-state index is 13.0. The van der Waals surface area contributed by atoms with Crippen LogP contribution >= 0.6 is 11.6 Å². The molecule has 0 atom stereocenters. The number of hydrogen-bond acceptors (Lipinski definition) is 8. The molecule has 0 aromatic heterocycles. The number of nitro benzene ring substituents is 1. The van der Waals surface area contributed by atoms with Crippen molar-refractivity contribution in [2.75, 3.05) is 17.3 Å². The molecule has 11 heteroatoms. The number of nitrogens with zero attached hydrogens (tertiary/aromatic N) is 2. The van der Waals surface area contributed by atoms with Gasteiger partial charge in [0, 0.05) is 11.8 Å². The van der Waals surface area contributed by atoms with Gasteiger partial charge in [0.15, 0.2) is 0 Å². The van der Waals surface area contributed by atoms with E-state index in [-0.39, 0.29) is 33.4 Å². The Bertz CT molecular complexity index is 1390. The molecule has 1 aliphatic heterocycles. The SMILES string of the molecule is COc1ccccc1N1C(=O)C(Cl)=C(Nc2ccc(C(=O)Oc3ccccc3[N+](=O)[O-])cc2)C1=O. The number of amides is 2. The van der Waals surface area contributed by atoms with Gasteiger partial charge in [0.1, 0.15) is 16.5 Å². The minimum absolute atomic E-state index is 0.109. The smallest absolute Gasteiger partial charge is 0.343 e. The molecule has 1 N–H and O–H groups in total. The molecule has 0 radical (unpaired) electrons. The summed E-state index contributed by atoms with van der Waals surface area (Å²) in [5.41, 5.74) is 0.234. The minimum Gasteiger partial charge on any atom is -0.495 e. The molecular weight excluding hydrogens is 478 g/mol. The molecule has 1 heterocycles. The third kappa shape index (κ3) is 4.55. The van der Waals surface area contributed by atoms with Crippen LogP contribution in [0.2, 0.25) is 0 Å². The predicted molar refractivity (Wildman–Crippen MR) is 126 cm³/mol. The molecule has 4 rings (SSSR count). The lowest BCUT2D eigenvalue weighted by atomic mass is 10.2. The number of carbonyl (C=O) groups excluding carboxylic acids is 3. The first-order valence-corrected chi connectivity index (χ1v) is 10.4. The normalized spacial score (nSPS) is 13.1. The first-order chi connectivity index (χ1) is 16.8. The van der Waals surface area contributed by atoms with Crippen LogP contribution in [0.1, 0.15) is 10.4 Å². The summed E-state index contributed by atoms with van der Waals surface area (Å²) in [6.07, 6.45) is 0. The minimum atomic E-state index is -0.808. The second-order valence-electron chi connectivity index (χ2n) is 7.12. The van der Waals surface area contributed by atoms with Gasteiger partial charge in [0.25, 0.3) is 11.8 Å². The van der Waals surface area contributed by atoms with Gasteiger partial charge in [-0.15, -0.1) is 0 Å². The highest BCUT2D eigenvalue weighted by Crippen LogP contribution is 2.35. The number of carbonyl (C=O) groups is 3. The fourth-order valence-corrected chi connectivity index (χ4v) is 3.54. The van der Waals surface area contributed by atoms with E-state index in [9.17, 15) is 24.5 Å². The van der Waals surface area contributed by atoms with Crippen LogP contribution in [-0.4, -0.2) is 29.8 Å². The van der Waals surface area contributed by atoms with E-state index in [1.54, 1.807) is 24.3 Å². The van der Waals surface area contributed by atoms with Crippen LogP contribution in [0.25, 0.3) is 0 Å². The second-order valence-corrected chi connectivity index (χ2v) is 7.50. The Hall–Kier alpha value is -4.70. The lowest BCUT2D eigenvalue weighted by Crippen LogP contribution is -2.32. The van der Waals surface area contributed by atoms with E-state index in [1.807, 2.05) is 0 Å². The van der Waals surface area contributed by atoms with Gasteiger partial charge in [0.2, 0.25) is 5.75 Å². The summed E-state index contributed by atoms with van der Waals surface area (Å²) in [6.45, 7) is 0. The Kier molecular flexibility index (Phi) is 6.47. The number of nitro groups is 1. The number of imide groups is 1. The van der Waals surface area contributed by atoms with Gasteiger partial charge in [-0.3, -0.25) is 19.7 Å². The fraction of sp³-hybridized carbons (Fsp3) is 0.0417. The number of ether oxygens (including phenoxy) is 2. The largest absolute Gasteiger partial charge is 0.495 e. The summed E-state index contributed by atoms with van der Waals surface area (Å²) >= 11 is 6.16. The molecule has 0 aliphatic carbocycles. The van der Waals surface area contributed by atoms with Gasteiger partial charge in [-0.05, 0) is 42.5 Å². The Balaban J connectivity index is 1.51. The molecule has 176 valence electrons. The zero-order valence-corrected chi connectivity index (χ0v) is 18.8. The maximum Gasteiger partial charge on any atom is 0.343 e. The van der Waals surface area contributed by atoms with Crippen molar-refractivity contribution in [1.29, 1.82) is 0 Å². The summed E-state index contributed by atoms with van der Waals surface area (Å²) < 4.78 is 10.4. The Labute approximate surface area is 203 Å². The van der Waals surface area contributed by atoms with Gasteiger partial charge in [-0.1, -0.05) is 35.9 Å². The molecule has 35 heavy (non-hydrogen) atoms. The molecule has 3 aromatic rings. The molecule has 10 nitrogen and oxygen atoms in total. The average molecular weight is 494 g/mol. The van der Waals surface area contributed by atoms with Gasteiger partial charge >= 0.3 is 11.7 Å². The molecule has 0 unspecified atom stereocenters. The number of nitrogens with one attached hydrogen (secondary N) is 1. The number of esters is 1. The maximum absolute atomic E-state index is 13.0. The number of methoxy groups -OCH3 is 1. The van der Waals surface area contributed by atoms with Crippen LogP contribution in [0.4, 0.5) is 17.1 Å². The Morgan fingerprint density at radius 3 is 2.23 bits per heavy atom. The van der Waals surface area contributed by atoms with Crippen molar-refractivity contribution >= 4 is 46.4 Å². The molecule has 2 amide bonds. The highest BCUT2D eigenvalue weighted by Gasteiger charge is 2.40. The van der Waals surface area contributed by atoms with Crippen LogP contribution in [-0.2, 0) is 9.59 Å². The van der Waals surface area contributed by atoms with Crippen LogP contribution < -0.4 is 19.7 Å². The molecule has 0 spiro atoms. The fourth-order valence-electron chi connectivity index (χ4n) is 3.33. The standard InChI is InChI=1S/C24H16ClN3O7/c1-34-18-8-4-2-6-16(18)27-22(29)20(25)21(23(27)30)26-15-12-10-14(11-13-15)24(31)35-19-9-5-3-7-17(19)28(32)33/h2-13,26H,1H3. The van der Waals surface area contributed by atoms with Crippen LogP contribution in [0.15, 0.2) is 83.5 Å². The highest BCUT2D eigenvalue weighted by atomic mass is 35.5. The van der Waals surface area contributed by atoms with E-state index < -0.39 is 22.7 Å². The first kappa shape index (κ1) is 23.5. The summed E-state index contributed by atoms with van der Waals surface area (Å²) in [4.78, 5) is 49.5. The molecular formula is C24H16ClN3O7. The van der Waals surface area contributed by atoms with E-state index in [4.69, 9.17) is 21.1 Å². The van der Waals surface area contributed by atoms with Crippen molar-refractivity contribution < 1.29 is 28.8 Å². The van der Waals surface area contributed by atoms with Gasteiger partial charge in [-0.25, -0.2) is 9.69 Å². The van der Waals surface area contributed by atoms with Crippen molar-refractivity contribution in [1.82, 2.24) is 0 Å². The highest BCUT2D eigenvalue weighted by molar-refractivity contribution is 6.53. The van der Waals surface area contributed by atoms with Crippen molar-refractivity contribution in [2.24, 2.45) is 0 Å². The van der Waals surface area contributed by atoms with Gasteiger partial charge < -0.3 is 14.8 Å². The topological polar surface area (TPSA) is 128 Å². The summed E-state index contributed by atoms with van der Waals surface area (Å²) in [6, 6.07) is 17.7. The molecule has 0 bridgehead atoms. The zero-order chi connectivity index (χ0) is 25.1. The Morgan fingerprint density at radius 1 is 0.943 bits per heavy atom. The van der Waals surface area contributed by atoms with Crippen LogP contribution in [0.3, 0.4) is 0 Å². The number of hydrogen-bond donors (Lipinski definition) is 1. The van der Waals surface area contributed by atoms with Crippen molar-refractivity contribution in [2.45, 2.75) is 0 Å². The summed E-state index contributed by atoms with van der Waals surface area (Å²) in [5, 5.41) is 13.6. The van der Waals surface area contributed by atoms with E-state index in [2.05, 4.69) is 5.32 Å². The van der Waals surface area contributed by atoms with Crippen molar-refractivity contribution in [3.05, 3.63) is 99.2 Å². The molecule has 0 fully saturated rings. The monoisotopic (exact) mass is 493 g/mol. The summed E-state index contributed by atoms with van der Waals surface area (Å²) in [5.74, 6) is -2.06. The van der Waals surface area contributed by atoms with Crippen molar-refractivity contribution in [3.63, 3.8) is 0 Å². The lowest BCUT2D eigenvalue weighted by molar-refractivity contribution is -0.385. The van der Waals surface area contributed by atoms with Crippen LogP contribution in [0.5, 0.6) is 11.5 Å². The van der Waals surface area contributed by atoms with E-state index >= 15 is 0 Å². The molecule has 0 saturated carbocycles. The van der Waals surface area contributed by atoms with Crippen molar-refractivity contribution in [3.8, 4) is 11.5 Å². The third-order valence-corrected chi connectivity index (χ3v) is 5.36. The summed E-state index contributed by atoms with van der Waals surface area (Å²) in [7, 11) is 1.42. The lowest BCUT2D eigenvalue weighted by Gasteiger charge is -2.17. The van der Waals surface area contributed by atoms with E-state index in [1.165, 1.54) is 55.6 Å². The quantitative estimate of drug-likeness (QED) is 0.170. The molecule has 1 aliphatic rings. The molecule has 3 aromatic carbocycles. The first-order valence-electron chi connectivity index (χ1n) is 10.1. The number of benzene rings is 3. The van der Waals surface area contributed by atoms with Gasteiger partial charge in [-0.2, -0.15) is 0 Å². The number of rotatable bonds is 7. The molecule has 0 saturated heterocycles. The second kappa shape index (κ2) is 9.65. The number of halogens is 1. The Morgan fingerprint density at radius 2 is 1.57 bits per heavy atom. The number of anilines is 2. The third-order valence-electron chi connectivity index (χ3n) is 5.01. The predicted octanol–water partition coefficient (Wildman–Crippen LogP) is 4.26. The van der Waals surface area contributed by atoms with E-state index in [0.717, 1.165) is 4.90 Å². The van der Waals surface area contributed by atoms with E-state index in [0.29, 0.717) is 11.4 Å². The zero-order valence-electron chi connectivity index (χ0n) is 18.1.